The maximum atomic E-state index is 10.8. The summed E-state index contributed by atoms with van der Waals surface area (Å²) in [5.41, 5.74) is 0.125. The number of piperidine rings is 1. The highest BCUT2D eigenvalue weighted by Crippen LogP contribution is 2.34. The maximum absolute atomic E-state index is 10.8. The number of halogens is 2. The molecule has 1 saturated heterocycles. The largest absolute Gasteiger partial charge is 0.385 e. The molecule has 0 spiro atoms. The van der Waals surface area contributed by atoms with Crippen LogP contribution in [0.3, 0.4) is 0 Å². The van der Waals surface area contributed by atoms with E-state index in [2.05, 4.69) is 30.8 Å². The topological polar surface area (TPSA) is 49.2 Å². The average Bonchev–Trinajstić information content (AvgIpc) is 2.50. The Morgan fingerprint density at radius 1 is 1.10 bits per heavy atom. The van der Waals surface area contributed by atoms with Crippen LogP contribution >= 0.6 is 27.5 Å². The second kappa shape index (κ2) is 5.91. The Bertz CT molecular complexity index is 610. The Morgan fingerprint density at radius 2 is 1.67 bits per heavy atom. The summed E-state index contributed by atoms with van der Waals surface area (Å²) in [6.45, 7) is 1.45. The van der Waals surface area contributed by atoms with Crippen LogP contribution in [0.5, 0.6) is 0 Å². The summed E-state index contributed by atoms with van der Waals surface area (Å²) in [7, 11) is 0. The summed E-state index contributed by atoms with van der Waals surface area (Å²) in [6.07, 6.45) is 4.77. The summed E-state index contributed by atoms with van der Waals surface area (Å²) in [5, 5.41) is 11.5. The Labute approximate surface area is 136 Å². The van der Waals surface area contributed by atoms with Gasteiger partial charge in [-0.05, 0) is 46.5 Å². The van der Waals surface area contributed by atoms with E-state index in [1.165, 1.54) is 0 Å². The van der Waals surface area contributed by atoms with Crippen LogP contribution in [0.25, 0.3) is 0 Å². The minimum absolute atomic E-state index is 0.647. The predicted octanol–water partition coefficient (Wildman–Crippen LogP) is 3.38. The minimum atomic E-state index is -0.795. The molecule has 0 aliphatic carbocycles. The second-order valence-corrected chi connectivity index (χ2v) is 6.58. The van der Waals surface area contributed by atoms with Crippen LogP contribution in [0.15, 0.2) is 41.1 Å². The third-order valence-corrected chi connectivity index (χ3v) is 4.52. The molecule has 0 radical (unpaired) electrons. The fourth-order valence-corrected chi connectivity index (χ4v) is 2.92. The van der Waals surface area contributed by atoms with Gasteiger partial charge in [-0.25, -0.2) is 9.97 Å². The van der Waals surface area contributed by atoms with Gasteiger partial charge in [0, 0.05) is 30.5 Å². The summed E-state index contributed by atoms with van der Waals surface area (Å²) in [6, 6.07) is 7.43. The highest BCUT2D eigenvalue weighted by molar-refractivity contribution is 9.10. The van der Waals surface area contributed by atoms with Gasteiger partial charge in [0.05, 0.1) is 10.1 Å². The molecular formula is C15H15BrClN3O. The maximum Gasteiger partial charge on any atom is 0.225 e. The average molecular weight is 369 g/mol. The fourth-order valence-electron chi connectivity index (χ4n) is 2.59. The molecule has 3 rings (SSSR count). The molecule has 1 N–H and O–H groups in total. The molecule has 0 amide bonds. The van der Waals surface area contributed by atoms with Crippen molar-refractivity contribution < 1.29 is 5.11 Å². The fraction of sp³-hybridized carbons (Fsp3) is 0.333. The van der Waals surface area contributed by atoms with Gasteiger partial charge >= 0.3 is 0 Å². The summed E-state index contributed by atoms with van der Waals surface area (Å²) in [5.74, 6) is 0.705. The highest BCUT2D eigenvalue weighted by atomic mass is 79.9. The van der Waals surface area contributed by atoms with Crippen LogP contribution in [-0.4, -0.2) is 28.2 Å². The molecule has 2 heterocycles. The number of rotatable bonds is 2. The van der Waals surface area contributed by atoms with Crippen LogP contribution in [0.1, 0.15) is 18.4 Å². The van der Waals surface area contributed by atoms with Gasteiger partial charge < -0.3 is 10.0 Å². The summed E-state index contributed by atoms with van der Waals surface area (Å²) in [4.78, 5) is 10.7. The highest BCUT2D eigenvalue weighted by Gasteiger charge is 2.34. The van der Waals surface area contributed by atoms with Crippen LogP contribution in [0.2, 0.25) is 5.02 Å². The van der Waals surface area contributed by atoms with Crippen LogP contribution in [0, 0.1) is 0 Å². The molecule has 1 fully saturated rings. The first-order valence-corrected chi connectivity index (χ1v) is 7.95. The van der Waals surface area contributed by atoms with E-state index in [1.807, 2.05) is 24.3 Å². The van der Waals surface area contributed by atoms with Crippen LogP contribution in [0.4, 0.5) is 5.95 Å². The normalized spacial score (nSPS) is 17.8. The van der Waals surface area contributed by atoms with E-state index in [0.717, 1.165) is 23.1 Å². The number of benzene rings is 1. The molecule has 0 unspecified atom stereocenters. The van der Waals surface area contributed by atoms with Gasteiger partial charge in [-0.15, -0.1) is 0 Å². The van der Waals surface area contributed by atoms with Crippen molar-refractivity contribution in [2.45, 2.75) is 18.4 Å². The van der Waals surface area contributed by atoms with Crippen LogP contribution < -0.4 is 4.90 Å². The monoisotopic (exact) mass is 367 g/mol. The molecule has 2 aromatic rings. The van der Waals surface area contributed by atoms with Crippen molar-refractivity contribution >= 4 is 33.5 Å². The van der Waals surface area contributed by atoms with Gasteiger partial charge in [0.15, 0.2) is 0 Å². The Hall–Kier alpha value is -1.17. The molecule has 0 bridgehead atoms. The van der Waals surface area contributed by atoms with E-state index in [9.17, 15) is 5.11 Å². The SMILES string of the molecule is OC1(c2ccc(Cl)cc2)CCN(c2ncc(Br)cn2)CC1. The standard InChI is InChI=1S/C15H15BrClN3O/c16-12-9-18-14(19-10-12)20-7-5-15(21,6-8-20)11-1-3-13(17)4-2-11/h1-4,9-10,21H,5-8H2. The zero-order valence-corrected chi connectivity index (χ0v) is 13.7. The Kier molecular flexibility index (Phi) is 4.15. The van der Waals surface area contributed by atoms with Gasteiger partial charge in [-0.2, -0.15) is 0 Å². The van der Waals surface area contributed by atoms with Crippen molar-refractivity contribution in [1.29, 1.82) is 0 Å². The number of aliphatic hydroxyl groups is 1. The van der Waals surface area contributed by atoms with Crippen molar-refractivity contribution in [3.63, 3.8) is 0 Å². The first kappa shape index (κ1) is 14.8. The molecule has 110 valence electrons. The van der Waals surface area contributed by atoms with E-state index in [0.29, 0.717) is 23.8 Å². The molecule has 21 heavy (non-hydrogen) atoms. The number of aromatic nitrogens is 2. The van der Waals surface area contributed by atoms with E-state index in [-0.39, 0.29) is 0 Å². The Morgan fingerprint density at radius 3 is 2.24 bits per heavy atom. The number of anilines is 1. The lowest BCUT2D eigenvalue weighted by Gasteiger charge is -2.38. The first-order valence-electron chi connectivity index (χ1n) is 6.78. The molecule has 0 saturated carbocycles. The summed E-state index contributed by atoms with van der Waals surface area (Å²) < 4.78 is 0.862. The predicted molar refractivity (Wildman–Crippen MR) is 86.5 cm³/mol. The molecule has 0 atom stereocenters. The third-order valence-electron chi connectivity index (χ3n) is 3.86. The number of hydrogen-bond acceptors (Lipinski definition) is 4. The van der Waals surface area contributed by atoms with Crippen molar-refractivity contribution in [3.8, 4) is 0 Å². The van der Waals surface area contributed by atoms with Crippen molar-refractivity contribution in [1.82, 2.24) is 9.97 Å². The van der Waals surface area contributed by atoms with Crippen molar-refractivity contribution in [2.75, 3.05) is 18.0 Å². The van der Waals surface area contributed by atoms with E-state index < -0.39 is 5.60 Å². The minimum Gasteiger partial charge on any atom is -0.385 e. The van der Waals surface area contributed by atoms with E-state index >= 15 is 0 Å². The Balaban J connectivity index is 1.72. The molecule has 4 nitrogen and oxygen atoms in total. The van der Waals surface area contributed by atoms with Crippen molar-refractivity contribution in [2.24, 2.45) is 0 Å². The zero-order chi connectivity index (χ0) is 14.9. The van der Waals surface area contributed by atoms with Crippen molar-refractivity contribution in [3.05, 3.63) is 51.7 Å². The lowest BCUT2D eigenvalue weighted by molar-refractivity contribution is 0.0115. The summed E-state index contributed by atoms with van der Waals surface area (Å²) >= 11 is 9.23. The molecule has 1 aliphatic rings. The van der Waals surface area contributed by atoms with E-state index in [1.54, 1.807) is 12.4 Å². The molecule has 1 aromatic heterocycles. The van der Waals surface area contributed by atoms with Gasteiger partial charge in [-0.1, -0.05) is 23.7 Å². The molecule has 1 aromatic carbocycles. The van der Waals surface area contributed by atoms with Gasteiger partial charge in [-0.3, -0.25) is 0 Å². The van der Waals surface area contributed by atoms with Crippen LogP contribution in [-0.2, 0) is 5.60 Å². The number of hydrogen-bond donors (Lipinski definition) is 1. The van der Waals surface area contributed by atoms with Gasteiger partial charge in [0.1, 0.15) is 0 Å². The quantitative estimate of drug-likeness (QED) is 0.883. The van der Waals surface area contributed by atoms with Gasteiger partial charge in [0.25, 0.3) is 0 Å². The zero-order valence-electron chi connectivity index (χ0n) is 11.3. The van der Waals surface area contributed by atoms with E-state index in [4.69, 9.17) is 11.6 Å². The molecule has 6 heteroatoms. The second-order valence-electron chi connectivity index (χ2n) is 5.23. The number of nitrogens with zero attached hydrogens (tertiary/aromatic N) is 3. The lowest BCUT2D eigenvalue weighted by Crippen LogP contribution is -2.43. The smallest absolute Gasteiger partial charge is 0.225 e. The molecular weight excluding hydrogens is 354 g/mol. The third kappa shape index (κ3) is 3.20. The molecule has 1 aliphatic heterocycles. The van der Waals surface area contributed by atoms with Gasteiger partial charge in [0.2, 0.25) is 5.95 Å². The first-order chi connectivity index (χ1) is 10.1. The lowest BCUT2D eigenvalue weighted by atomic mass is 9.84.